The lowest BCUT2D eigenvalue weighted by molar-refractivity contribution is -0.139. The summed E-state index contributed by atoms with van der Waals surface area (Å²) in [6.07, 6.45) is 0.725. The minimum atomic E-state index is -4.26. The molecule has 0 aliphatic carbocycles. The highest BCUT2D eigenvalue weighted by Crippen LogP contribution is 2.32. The highest BCUT2D eigenvalue weighted by molar-refractivity contribution is 9.10. The molecule has 0 aliphatic rings. The predicted molar refractivity (Wildman–Crippen MR) is 167 cm³/mol. The van der Waals surface area contributed by atoms with Gasteiger partial charge in [-0.25, -0.2) is 8.42 Å². The summed E-state index contributed by atoms with van der Waals surface area (Å²) in [6.45, 7) is 6.95. The number of nitrogens with zero attached hydrogens (tertiary/aromatic N) is 2. The third kappa shape index (κ3) is 8.04. The lowest BCUT2D eigenvalue weighted by Crippen LogP contribution is -2.52. The van der Waals surface area contributed by atoms with Crippen molar-refractivity contribution in [2.45, 2.75) is 57.6 Å². The Morgan fingerprint density at radius 3 is 2.21 bits per heavy atom. The van der Waals surface area contributed by atoms with Gasteiger partial charge in [-0.2, -0.15) is 0 Å². The summed E-state index contributed by atoms with van der Waals surface area (Å²) >= 11 is 3.46. The van der Waals surface area contributed by atoms with E-state index in [1.807, 2.05) is 45.0 Å². The number of ether oxygens (including phenoxy) is 2. The molecule has 0 saturated carbocycles. The molecule has 2 unspecified atom stereocenters. The number of carbonyl (C=O) groups excluding carboxylic acids is 2. The summed E-state index contributed by atoms with van der Waals surface area (Å²) in [6, 6.07) is 17.6. The Bertz CT molecular complexity index is 1500. The molecule has 0 spiro atoms. The monoisotopic (exact) mass is 659 g/mol. The van der Waals surface area contributed by atoms with Crippen molar-refractivity contribution in [3.8, 4) is 11.5 Å². The number of rotatable bonds is 13. The number of benzene rings is 3. The van der Waals surface area contributed by atoms with E-state index < -0.39 is 28.5 Å². The number of hydrogen-bond acceptors (Lipinski definition) is 6. The minimum absolute atomic E-state index is 0.0744. The summed E-state index contributed by atoms with van der Waals surface area (Å²) in [5.74, 6) is -0.250. The fourth-order valence-electron chi connectivity index (χ4n) is 4.22. The average molecular weight is 661 g/mol. The maximum absolute atomic E-state index is 14.1. The number of anilines is 1. The molecule has 226 valence electrons. The fourth-order valence-corrected chi connectivity index (χ4v) is 6.10. The van der Waals surface area contributed by atoms with Crippen LogP contribution in [-0.2, 0) is 26.2 Å². The Hall–Kier alpha value is -3.57. The number of methoxy groups -OCH3 is 2. The number of sulfonamides is 1. The van der Waals surface area contributed by atoms with E-state index in [9.17, 15) is 18.0 Å². The first kappa shape index (κ1) is 32.9. The molecule has 0 fully saturated rings. The zero-order valence-corrected chi connectivity index (χ0v) is 27.2. The van der Waals surface area contributed by atoms with Gasteiger partial charge in [-0.15, -0.1) is 0 Å². The molecular weight excluding hydrogens is 622 g/mol. The number of hydrogen-bond donors (Lipinski definition) is 1. The second kappa shape index (κ2) is 14.6. The van der Waals surface area contributed by atoms with Crippen molar-refractivity contribution in [3.05, 3.63) is 82.3 Å². The van der Waals surface area contributed by atoms with Gasteiger partial charge in [0, 0.05) is 23.1 Å². The van der Waals surface area contributed by atoms with E-state index >= 15 is 0 Å². The predicted octanol–water partition coefficient (Wildman–Crippen LogP) is 5.30. The lowest BCUT2D eigenvalue weighted by atomic mass is 10.1. The van der Waals surface area contributed by atoms with Gasteiger partial charge in [0.15, 0.2) is 11.5 Å². The van der Waals surface area contributed by atoms with Crippen molar-refractivity contribution in [1.82, 2.24) is 10.2 Å². The van der Waals surface area contributed by atoms with Gasteiger partial charge < -0.3 is 19.7 Å². The molecule has 0 aromatic heterocycles. The Kier molecular flexibility index (Phi) is 11.4. The number of carbonyl (C=O) groups is 2. The molecule has 0 aliphatic heterocycles. The molecule has 11 heteroatoms. The van der Waals surface area contributed by atoms with E-state index in [4.69, 9.17) is 9.47 Å². The summed E-state index contributed by atoms with van der Waals surface area (Å²) in [7, 11) is -1.38. The van der Waals surface area contributed by atoms with Crippen LogP contribution in [0.3, 0.4) is 0 Å². The molecule has 3 rings (SSSR count). The van der Waals surface area contributed by atoms with Gasteiger partial charge in [-0.05, 0) is 69.2 Å². The first-order valence-electron chi connectivity index (χ1n) is 13.6. The second-order valence-electron chi connectivity index (χ2n) is 10.0. The number of aryl methyl sites for hydroxylation is 1. The molecule has 1 N–H and O–H groups in total. The van der Waals surface area contributed by atoms with Crippen LogP contribution < -0.4 is 19.1 Å². The van der Waals surface area contributed by atoms with E-state index in [0.29, 0.717) is 11.4 Å². The molecule has 0 bridgehead atoms. The minimum Gasteiger partial charge on any atom is -0.493 e. The maximum atomic E-state index is 14.1. The van der Waals surface area contributed by atoms with Crippen LogP contribution in [0.25, 0.3) is 0 Å². The van der Waals surface area contributed by atoms with Crippen molar-refractivity contribution in [2.75, 3.05) is 25.1 Å². The molecule has 3 aromatic carbocycles. The Morgan fingerprint density at radius 1 is 0.952 bits per heavy atom. The van der Waals surface area contributed by atoms with Crippen LogP contribution in [0.15, 0.2) is 76.1 Å². The first-order valence-corrected chi connectivity index (χ1v) is 15.8. The van der Waals surface area contributed by atoms with Gasteiger partial charge in [-0.1, -0.05) is 52.7 Å². The third-order valence-corrected chi connectivity index (χ3v) is 9.22. The first-order chi connectivity index (χ1) is 19.9. The van der Waals surface area contributed by atoms with E-state index in [1.165, 1.54) is 37.3 Å². The van der Waals surface area contributed by atoms with Crippen molar-refractivity contribution >= 4 is 43.5 Å². The normalized spacial score (nSPS) is 12.6. The van der Waals surface area contributed by atoms with E-state index in [1.54, 1.807) is 31.2 Å². The Labute approximate surface area is 257 Å². The van der Waals surface area contributed by atoms with Crippen LogP contribution in [0, 0.1) is 6.92 Å². The zero-order valence-electron chi connectivity index (χ0n) is 24.8. The Balaban J connectivity index is 2.06. The molecule has 0 radical (unpaired) electrons. The summed E-state index contributed by atoms with van der Waals surface area (Å²) in [5, 5.41) is 2.93. The molecule has 2 amide bonds. The van der Waals surface area contributed by atoms with Gasteiger partial charge in [0.2, 0.25) is 11.8 Å². The SMILES string of the molecule is CCC(C)NC(=O)C(C)N(Cc1cccc(Br)c1)C(=O)CN(c1ccc(C)cc1)S(=O)(=O)c1ccc(OC)c(OC)c1. The van der Waals surface area contributed by atoms with Crippen LogP contribution in [0.4, 0.5) is 5.69 Å². The van der Waals surface area contributed by atoms with Crippen LogP contribution in [0.2, 0.25) is 0 Å². The largest absolute Gasteiger partial charge is 0.493 e. The van der Waals surface area contributed by atoms with Gasteiger partial charge in [0.25, 0.3) is 10.0 Å². The van der Waals surface area contributed by atoms with Gasteiger partial charge in [-0.3, -0.25) is 13.9 Å². The number of nitrogens with one attached hydrogen (secondary N) is 1. The highest BCUT2D eigenvalue weighted by atomic mass is 79.9. The number of halogens is 1. The second-order valence-corrected chi connectivity index (χ2v) is 12.8. The third-order valence-electron chi connectivity index (χ3n) is 6.95. The average Bonchev–Trinajstić information content (AvgIpc) is 2.98. The van der Waals surface area contributed by atoms with Crippen molar-refractivity contribution in [2.24, 2.45) is 0 Å². The van der Waals surface area contributed by atoms with Gasteiger partial charge >= 0.3 is 0 Å². The standard InChI is InChI=1S/C31H38BrN3O6S/c1-7-22(3)33-31(37)23(4)34(19-24-9-8-10-25(32)17-24)30(36)20-35(26-13-11-21(2)12-14-26)42(38,39)27-15-16-28(40-5)29(18-27)41-6/h8-18,22-23H,7,19-20H2,1-6H3,(H,33,37). The maximum Gasteiger partial charge on any atom is 0.264 e. The van der Waals surface area contributed by atoms with E-state index in [2.05, 4.69) is 21.2 Å². The fraction of sp³-hybridized carbons (Fsp3) is 0.355. The van der Waals surface area contributed by atoms with E-state index in [0.717, 1.165) is 26.3 Å². The number of amides is 2. The van der Waals surface area contributed by atoms with Crippen molar-refractivity contribution in [1.29, 1.82) is 0 Å². The van der Waals surface area contributed by atoms with Crippen molar-refractivity contribution in [3.63, 3.8) is 0 Å². The van der Waals surface area contributed by atoms with Crippen molar-refractivity contribution < 1.29 is 27.5 Å². The summed E-state index contributed by atoms with van der Waals surface area (Å²) in [4.78, 5) is 28.6. The molecule has 0 saturated heterocycles. The molecule has 2 atom stereocenters. The molecule has 42 heavy (non-hydrogen) atoms. The van der Waals surface area contributed by atoms with Gasteiger partial charge in [0.05, 0.1) is 24.8 Å². The van der Waals surface area contributed by atoms with Gasteiger partial charge in [0.1, 0.15) is 12.6 Å². The Morgan fingerprint density at radius 2 is 1.62 bits per heavy atom. The van der Waals surface area contributed by atoms with Crippen LogP contribution >= 0.6 is 15.9 Å². The lowest BCUT2D eigenvalue weighted by Gasteiger charge is -2.32. The molecule has 9 nitrogen and oxygen atoms in total. The van der Waals surface area contributed by atoms with Crippen LogP contribution in [-0.4, -0.2) is 58.0 Å². The highest BCUT2D eigenvalue weighted by Gasteiger charge is 2.33. The molecule has 0 heterocycles. The summed E-state index contributed by atoms with van der Waals surface area (Å²) in [5.41, 5.74) is 2.02. The topological polar surface area (TPSA) is 105 Å². The van der Waals surface area contributed by atoms with Crippen LogP contribution in [0.5, 0.6) is 11.5 Å². The van der Waals surface area contributed by atoms with Crippen LogP contribution in [0.1, 0.15) is 38.3 Å². The molecular formula is C31H38BrN3O6S. The smallest absolute Gasteiger partial charge is 0.264 e. The molecule has 3 aromatic rings. The quantitative estimate of drug-likeness (QED) is 0.267. The zero-order chi connectivity index (χ0) is 31.0. The van der Waals surface area contributed by atoms with E-state index in [-0.39, 0.29) is 29.1 Å². The summed E-state index contributed by atoms with van der Waals surface area (Å²) < 4.78 is 40.7.